The molecular formula is C16H22N4. The Kier molecular flexibility index (Phi) is 4.11. The Morgan fingerprint density at radius 1 is 1.35 bits per heavy atom. The maximum absolute atomic E-state index is 4.32. The topological polar surface area (TPSA) is 42.7 Å². The van der Waals surface area contributed by atoms with Crippen LogP contribution in [-0.2, 0) is 6.42 Å². The third-order valence-electron chi connectivity index (χ3n) is 4.30. The van der Waals surface area contributed by atoms with Crippen LogP contribution in [0.15, 0.2) is 36.7 Å². The van der Waals surface area contributed by atoms with Crippen LogP contribution in [0, 0.1) is 11.8 Å². The highest BCUT2D eigenvalue weighted by molar-refractivity contribution is 5.32. The summed E-state index contributed by atoms with van der Waals surface area (Å²) >= 11 is 0. The molecule has 4 heteroatoms. The molecule has 1 aliphatic rings. The smallest absolute Gasteiger partial charge is 0.137 e. The molecule has 0 aliphatic carbocycles. The summed E-state index contributed by atoms with van der Waals surface area (Å²) in [5.74, 6) is 2.45. The lowest BCUT2D eigenvalue weighted by molar-refractivity contribution is 0.275. The number of para-hydroxylation sites is 1. The van der Waals surface area contributed by atoms with Crippen molar-refractivity contribution in [3.8, 4) is 5.69 Å². The van der Waals surface area contributed by atoms with Crippen molar-refractivity contribution in [3.05, 3.63) is 42.5 Å². The van der Waals surface area contributed by atoms with Crippen molar-refractivity contribution in [1.82, 2.24) is 20.1 Å². The van der Waals surface area contributed by atoms with E-state index in [0.717, 1.165) is 30.4 Å². The fraction of sp³-hybridized carbons (Fsp3) is 0.500. The van der Waals surface area contributed by atoms with Crippen molar-refractivity contribution in [1.29, 1.82) is 0 Å². The molecule has 2 unspecified atom stereocenters. The quantitative estimate of drug-likeness (QED) is 0.928. The monoisotopic (exact) mass is 270 g/mol. The highest BCUT2D eigenvalue weighted by atomic mass is 15.3. The maximum atomic E-state index is 4.32. The van der Waals surface area contributed by atoms with Gasteiger partial charge >= 0.3 is 0 Å². The molecule has 0 radical (unpaired) electrons. The van der Waals surface area contributed by atoms with Crippen LogP contribution in [0.4, 0.5) is 0 Å². The molecule has 0 saturated carbocycles. The van der Waals surface area contributed by atoms with E-state index in [1.807, 2.05) is 24.5 Å². The van der Waals surface area contributed by atoms with Crippen LogP contribution in [0.1, 0.15) is 25.6 Å². The first-order chi connectivity index (χ1) is 9.84. The predicted octanol–water partition coefficient (Wildman–Crippen LogP) is 2.45. The van der Waals surface area contributed by atoms with Gasteiger partial charge in [-0.05, 0) is 49.9 Å². The Balaban J connectivity index is 1.73. The molecule has 0 amide bonds. The van der Waals surface area contributed by atoms with Crippen LogP contribution in [0.5, 0.6) is 0 Å². The largest absolute Gasteiger partial charge is 0.316 e. The van der Waals surface area contributed by atoms with Crippen LogP contribution in [0.25, 0.3) is 5.69 Å². The fourth-order valence-electron chi connectivity index (χ4n) is 3.02. The Hall–Kier alpha value is -1.68. The van der Waals surface area contributed by atoms with Gasteiger partial charge in [0.05, 0.1) is 0 Å². The second-order valence-corrected chi connectivity index (χ2v) is 5.74. The van der Waals surface area contributed by atoms with Gasteiger partial charge in [-0.2, -0.15) is 0 Å². The van der Waals surface area contributed by atoms with Gasteiger partial charge in [0, 0.05) is 12.1 Å². The van der Waals surface area contributed by atoms with Gasteiger partial charge in [-0.15, -0.1) is 10.2 Å². The van der Waals surface area contributed by atoms with E-state index < -0.39 is 0 Å². The molecule has 20 heavy (non-hydrogen) atoms. The Labute approximate surface area is 120 Å². The van der Waals surface area contributed by atoms with Crippen LogP contribution in [0.3, 0.4) is 0 Å². The van der Waals surface area contributed by atoms with Gasteiger partial charge in [0.15, 0.2) is 0 Å². The number of benzene rings is 1. The predicted molar refractivity (Wildman–Crippen MR) is 79.8 cm³/mol. The first-order valence-electron chi connectivity index (χ1n) is 7.49. The van der Waals surface area contributed by atoms with Crippen molar-refractivity contribution in [2.75, 3.05) is 13.1 Å². The van der Waals surface area contributed by atoms with Crippen molar-refractivity contribution < 1.29 is 0 Å². The third kappa shape index (κ3) is 2.90. The third-order valence-corrected chi connectivity index (χ3v) is 4.30. The average molecular weight is 270 g/mol. The van der Waals surface area contributed by atoms with E-state index in [-0.39, 0.29) is 0 Å². The normalized spacial score (nSPS) is 20.8. The van der Waals surface area contributed by atoms with Crippen LogP contribution in [-0.4, -0.2) is 27.9 Å². The SMILES string of the molecule is CC(Cc1nncn1-c1ccccc1)C1CCCNC1. The zero-order valence-electron chi connectivity index (χ0n) is 12.0. The van der Waals surface area contributed by atoms with E-state index >= 15 is 0 Å². The molecule has 1 fully saturated rings. The lowest BCUT2D eigenvalue weighted by Gasteiger charge is -2.28. The van der Waals surface area contributed by atoms with Gasteiger partial charge in [0.25, 0.3) is 0 Å². The Morgan fingerprint density at radius 2 is 2.20 bits per heavy atom. The van der Waals surface area contributed by atoms with E-state index in [0.29, 0.717) is 5.92 Å². The highest BCUT2D eigenvalue weighted by Gasteiger charge is 2.22. The minimum atomic E-state index is 0.634. The molecule has 1 aromatic carbocycles. The second kappa shape index (κ2) is 6.18. The summed E-state index contributed by atoms with van der Waals surface area (Å²) < 4.78 is 2.10. The number of hydrogen-bond donors (Lipinski definition) is 1. The van der Waals surface area contributed by atoms with E-state index in [2.05, 4.69) is 39.1 Å². The van der Waals surface area contributed by atoms with Crippen LogP contribution >= 0.6 is 0 Å². The van der Waals surface area contributed by atoms with Crippen molar-refractivity contribution >= 4 is 0 Å². The van der Waals surface area contributed by atoms with Crippen molar-refractivity contribution in [3.63, 3.8) is 0 Å². The summed E-state index contributed by atoms with van der Waals surface area (Å²) in [5.41, 5.74) is 1.14. The number of rotatable bonds is 4. The lowest BCUT2D eigenvalue weighted by atomic mass is 9.85. The number of hydrogen-bond acceptors (Lipinski definition) is 3. The molecular weight excluding hydrogens is 248 g/mol. The molecule has 1 aromatic heterocycles. The first-order valence-corrected chi connectivity index (χ1v) is 7.49. The molecule has 2 heterocycles. The van der Waals surface area contributed by atoms with Crippen molar-refractivity contribution in [2.45, 2.75) is 26.2 Å². The Morgan fingerprint density at radius 3 is 2.95 bits per heavy atom. The van der Waals surface area contributed by atoms with E-state index in [1.165, 1.54) is 19.4 Å². The van der Waals surface area contributed by atoms with Gasteiger partial charge in [-0.3, -0.25) is 4.57 Å². The van der Waals surface area contributed by atoms with Gasteiger partial charge in [-0.1, -0.05) is 25.1 Å². The minimum absolute atomic E-state index is 0.634. The molecule has 1 aliphatic heterocycles. The molecule has 2 aromatic rings. The summed E-state index contributed by atoms with van der Waals surface area (Å²) in [7, 11) is 0. The van der Waals surface area contributed by atoms with E-state index in [1.54, 1.807) is 0 Å². The van der Waals surface area contributed by atoms with E-state index in [4.69, 9.17) is 0 Å². The van der Waals surface area contributed by atoms with Gasteiger partial charge in [0.2, 0.25) is 0 Å². The number of nitrogens with zero attached hydrogens (tertiary/aromatic N) is 3. The summed E-state index contributed by atoms with van der Waals surface area (Å²) in [4.78, 5) is 0. The summed E-state index contributed by atoms with van der Waals surface area (Å²) in [6.45, 7) is 4.64. The summed E-state index contributed by atoms with van der Waals surface area (Å²) in [6, 6.07) is 10.3. The molecule has 3 rings (SSSR count). The average Bonchev–Trinajstić information content (AvgIpc) is 2.97. The Bertz CT molecular complexity index is 528. The van der Waals surface area contributed by atoms with Crippen LogP contribution in [0.2, 0.25) is 0 Å². The number of aromatic nitrogens is 3. The maximum Gasteiger partial charge on any atom is 0.137 e. The second-order valence-electron chi connectivity index (χ2n) is 5.74. The molecule has 0 bridgehead atoms. The van der Waals surface area contributed by atoms with E-state index in [9.17, 15) is 0 Å². The number of piperidine rings is 1. The molecule has 106 valence electrons. The van der Waals surface area contributed by atoms with Crippen LogP contribution < -0.4 is 5.32 Å². The molecule has 1 saturated heterocycles. The minimum Gasteiger partial charge on any atom is -0.316 e. The molecule has 1 N–H and O–H groups in total. The molecule has 2 atom stereocenters. The highest BCUT2D eigenvalue weighted by Crippen LogP contribution is 2.23. The standard InChI is InChI=1S/C16H22N4/c1-13(14-6-5-9-17-11-14)10-16-19-18-12-20(16)15-7-3-2-4-8-15/h2-4,7-8,12-14,17H,5-6,9-11H2,1H3. The number of nitrogens with one attached hydrogen (secondary N) is 1. The van der Waals surface area contributed by atoms with Gasteiger partial charge in [0.1, 0.15) is 12.2 Å². The lowest BCUT2D eigenvalue weighted by Crippen LogP contribution is -2.34. The van der Waals surface area contributed by atoms with Gasteiger partial charge < -0.3 is 5.32 Å². The zero-order valence-corrected chi connectivity index (χ0v) is 12.0. The van der Waals surface area contributed by atoms with Crippen molar-refractivity contribution in [2.24, 2.45) is 11.8 Å². The fourth-order valence-corrected chi connectivity index (χ4v) is 3.02. The summed E-state index contributed by atoms with van der Waals surface area (Å²) in [6.07, 6.45) is 5.42. The summed E-state index contributed by atoms with van der Waals surface area (Å²) in [5, 5.41) is 11.9. The first kappa shape index (κ1) is 13.3. The molecule has 0 spiro atoms. The van der Waals surface area contributed by atoms with Gasteiger partial charge in [-0.25, -0.2) is 0 Å². The zero-order chi connectivity index (χ0) is 13.8. The molecule has 4 nitrogen and oxygen atoms in total.